The van der Waals surface area contributed by atoms with Crippen molar-refractivity contribution < 1.29 is 23.7 Å². The molecule has 5 nitrogen and oxygen atoms in total. The predicted molar refractivity (Wildman–Crippen MR) is 139 cm³/mol. The summed E-state index contributed by atoms with van der Waals surface area (Å²) in [4.78, 5) is 0. The highest BCUT2D eigenvalue weighted by atomic mass is 16.6. The highest BCUT2D eigenvalue weighted by Gasteiger charge is 1.96. The fourth-order valence-corrected chi connectivity index (χ4v) is 3.66. The maximum Gasteiger partial charge on any atom is 0.0701 e. The van der Waals surface area contributed by atoms with E-state index in [0.29, 0.717) is 52.9 Å². The second-order valence-corrected chi connectivity index (χ2v) is 9.01. The van der Waals surface area contributed by atoms with Gasteiger partial charge >= 0.3 is 0 Å². The van der Waals surface area contributed by atoms with Crippen LogP contribution in [0.3, 0.4) is 0 Å². The summed E-state index contributed by atoms with van der Waals surface area (Å²) in [6.07, 6.45) is 21.4. The zero-order valence-corrected chi connectivity index (χ0v) is 22.4. The molecule has 0 radical (unpaired) electrons. The molecule has 0 bridgehead atoms. The Labute approximate surface area is 206 Å². The van der Waals surface area contributed by atoms with Crippen LogP contribution in [-0.2, 0) is 23.7 Å². The van der Waals surface area contributed by atoms with E-state index in [2.05, 4.69) is 13.8 Å². The minimum atomic E-state index is 0.607. The van der Waals surface area contributed by atoms with Crippen molar-refractivity contribution in [2.75, 3.05) is 66.1 Å². The van der Waals surface area contributed by atoms with Gasteiger partial charge < -0.3 is 23.7 Å². The molecule has 0 aromatic rings. The molecule has 0 aliphatic carbocycles. The summed E-state index contributed by atoms with van der Waals surface area (Å²) in [6.45, 7) is 11.3. The van der Waals surface area contributed by atoms with Gasteiger partial charge in [-0.1, -0.05) is 104 Å². The lowest BCUT2D eigenvalue weighted by molar-refractivity contribution is -0.0114. The maximum absolute atomic E-state index is 5.64. The lowest BCUT2D eigenvalue weighted by Gasteiger charge is -2.08. The van der Waals surface area contributed by atoms with Gasteiger partial charge in [0.15, 0.2) is 0 Å². The van der Waals surface area contributed by atoms with Crippen LogP contribution >= 0.6 is 0 Å². The Morgan fingerprint density at radius 2 is 0.455 bits per heavy atom. The Bertz CT molecular complexity index is 297. The van der Waals surface area contributed by atoms with Crippen molar-refractivity contribution in [2.45, 2.75) is 117 Å². The molecule has 0 amide bonds. The maximum atomic E-state index is 5.64. The van der Waals surface area contributed by atoms with Gasteiger partial charge in [0.25, 0.3) is 0 Å². The summed E-state index contributed by atoms with van der Waals surface area (Å²) in [6, 6.07) is 0. The molecule has 0 aliphatic rings. The molecular weight excluding hydrogens is 416 g/mol. The van der Waals surface area contributed by atoms with Gasteiger partial charge in [-0.25, -0.2) is 0 Å². The molecule has 0 heterocycles. The smallest absolute Gasteiger partial charge is 0.0701 e. The Balaban J connectivity index is 2.99. The topological polar surface area (TPSA) is 46.2 Å². The summed E-state index contributed by atoms with van der Waals surface area (Å²) in [7, 11) is 0. The van der Waals surface area contributed by atoms with Crippen LogP contribution in [0, 0.1) is 0 Å². The van der Waals surface area contributed by atoms with Crippen molar-refractivity contribution in [1.29, 1.82) is 0 Å². The van der Waals surface area contributed by atoms with E-state index in [9.17, 15) is 0 Å². The summed E-state index contributed by atoms with van der Waals surface area (Å²) in [5.74, 6) is 0. The van der Waals surface area contributed by atoms with Gasteiger partial charge in [-0.05, 0) is 12.8 Å². The molecule has 0 saturated heterocycles. The Morgan fingerprint density at radius 3 is 0.727 bits per heavy atom. The highest BCUT2D eigenvalue weighted by molar-refractivity contribution is 4.48. The molecule has 0 saturated carbocycles. The normalized spacial score (nSPS) is 11.5. The second-order valence-electron chi connectivity index (χ2n) is 9.01. The van der Waals surface area contributed by atoms with Crippen LogP contribution in [-0.4, -0.2) is 66.1 Å². The van der Waals surface area contributed by atoms with E-state index in [0.717, 1.165) is 19.6 Å². The van der Waals surface area contributed by atoms with Crippen molar-refractivity contribution in [2.24, 2.45) is 0 Å². The van der Waals surface area contributed by atoms with Crippen molar-refractivity contribution in [1.82, 2.24) is 0 Å². The lowest BCUT2D eigenvalue weighted by Crippen LogP contribution is -2.13. The van der Waals surface area contributed by atoms with Crippen molar-refractivity contribution in [3.8, 4) is 0 Å². The number of rotatable bonds is 30. The largest absolute Gasteiger partial charge is 0.379 e. The van der Waals surface area contributed by atoms with Gasteiger partial charge in [0.1, 0.15) is 0 Å². The van der Waals surface area contributed by atoms with Gasteiger partial charge in [0.2, 0.25) is 0 Å². The number of hydrogen-bond acceptors (Lipinski definition) is 5. The molecule has 0 rings (SSSR count). The first-order valence-electron chi connectivity index (χ1n) is 14.3. The fourth-order valence-electron chi connectivity index (χ4n) is 3.66. The third kappa shape index (κ3) is 31.8. The van der Waals surface area contributed by atoms with E-state index in [1.165, 1.54) is 96.3 Å². The summed E-state index contributed by atoms with van der Waals surface area (Å²) in [5.41, 5.74) is 0. The highest BCUT2D eigenvalue weighted by Crippen LogP contribution is 2.11. The number of hydrogen-bond donors (Lipinski definition) is 0. The van der Waals surface area contributed by atoms with Crippen molar-refractivity contribution in [3.63, 3.8) is 0 Å². The van der Waals surface area contributed by atoms with Crippen molar-refractivity contribution >= 4 is 0 Å². The van der Waals surface area contributed by atoms with Crippen LogP contribution in [0.25, 0.3) is 0 Å². The Morgan fingerprint density at radius 1 is 0.242 bits per heavy atom. The average Bonchev–Trinajstić information content (AvgIpc) is 2.83. The van der Waals surface area contributed by atoms with E-state index in [-0.39, 0.29) is 0 Å². The van der Waals surface area contributed by atoms with E-state index >= 15 is 0 Å². The molecule has 0 fully saturated rings. The molecule has 33 heavy (non-hydrogen) atoms. The third-order valence-corrected chi connectivity index (χ3v) is 5.77. The van der Waals surface area contributed by atoms with Gasteiger partial charge in [0.05, 0.1) is 52.9 Å². The molecule has 0 unspecified atom stereocenters. The third-order valence-electron chi connectivity index (χ3n) is 5.77. The SMILES string of the molecule is CCCCCCCCCCCCCOCCOCCOCCOCCOCCCCCCC. The monoisotopic (exact) mass is 474 g/mol. The zero-order valence-electron chi connectivity index (χ0n) is 22.4. The molecule has 0 spiro atoms. The zero-order chi connectivity index (χ0) is 23.9. The number of unbranched alkanes of at least 4 members (excludes halogenated alkanes) is 14. The molecule has 0 aliphatic heterocycles. The average molecular weight is 475 g/mol. The van der Waals surface area contributed by atoms with Gasteiger partial charge in [-0.15, -0.1) is 0 Å². The summed E-state index contributed by atoms with van der Waals surface area (Å²) in [5, 5.41) is 0. The first-order valence-corrected chi connectivity index (χ1v) is 14.3. The molecule has 200 valence electrons. The second kappa shape index (κ2) is 31.8. The number of ether oxygens (including phenoxy) is 5. The van der Waals surface area contributed by atoms with E-state index < -0.39 is 0 Å². The van der Waals surface area contributed by atoms with Crippen LogP contribution in [0.5, 0.6) is 0 Å². The molecule has 0 aromatic carbocycles. The van der Waals surface area contributed by atoms with E-state index in [4.69, 9.17) is 23.7 Å². The minimum absolute atomic E-state index is 0.607. The van der Waals surface area contributed by atoms with Gasteiger partial charge in [-0.2, -0.15) is 0 Å². The first-order chi connectivity index (χ1) is 16.4. The lowest BCUT2D eigenvalue weighted by atomic mass is 10.1. The molecule has 0 N–H and O–H groups in total. The van der Waals surface area contributed by atoms with Crippen LogP contribution in [0.4, 0.5) is 0 Å². The molecule has 5 heteroatoms. The Kier molecular flexibility index (Phi) is 31.6. The van der Waals surface area contributed by atoms with Crippen molar-refractivity contribution in [3.05, 3.63) is 0 Å². The molecule has 0 atom stereocenters. The van der Waals surface area contributed by atoms with Gasteiger partial charge in [-0.3, -0.25) is 0 Å². The molecule has 0 aromatic heterocycles. The van der Waals surface area contributed by atoms with Gasteiger partial charge in [0, 0.05) is 13.2 Å². The minimum Gasteiger partial charge on any atom is -0.379 e. The van der Waals surface area contributed by atoms with Crippen LogP contribution in [0.1, 0.15) is 117 Å². The summed E-state index contributed by atoms with van der Waals surface area (Å²) >= 11 is 0. The molecular formula is C28H58O5. The predicted octanol–water partition coefficient (Wildman–Crippen LogP) is 7.35. The summed E-state index contributed by atoms with van der Waals surface area (Å²) < 4.78 is 27.8. The van der Waals surface area contributed by atoms with Crippen LogP contribution in [0.15, 0.2) is 0 Å². The van der Waals surface area contributed by atoms with E-state index in [1.807, 2.05) is 0 Å². The Hall–Kier alpha value is -0.200. The first kappa shape index (κ1) is 32.8. The van der Waals surface area contributed by atoms with Crippen LogP contribution in [0.2, 0.25) is 0 Å². The van der Waals surface area contributed by atoms with Crippen LogP contribution < -0.4 is 0 Å². The fraction of sp³-hybridized carbons (Fsp3) is 1.00. The quantitative estimate of drug-likeness (QED) is 0.102. The van der Waals surface area contributed by atoms with E-state index in [1.54, 1.807) is 0 Å². The standard InChI is InChI=1S/C28H58O5/c1-3-5-7-9-10-11-12-13-14-16-18-20-30-22-24-32-26-28-33-27-25-31-23-21-29-19-17-15-8-6-4-2/h3-28H2,1-2H3.